The Morgan fingerprint density at radius 1 is 0.882 bits per heavy atom. The average molecular weight is 346 g/mol. The lowest BCUT2D eigenvalue weighted by Crippen LogP contribution is -2.25. The number of rotatable bonds is 3. The van der Waals surface area contributed by atoms with Gasteiger partial charge in [-0.05, 0) is 75.5 Å². The summed E-state index contributed by atoms with van der Waals surface area (Å²) < 4.78 is 0.979. The Morgan fingerprint density at radius 2 is 1.41 bits per heavy atom. The molecule has 0 aromatic heterocycles. The molecule has 0 aromatic carbocycles. The van der Waals surface area contributed by atoms with Crippen LogP contribution in [0.25, 0.3) is 0 Å². The fourth-order valence-corrected chi connectivity index (χ4v) is 4.41. The first-order valence-corrected chi connectivity index (χ1v) is 8.85. The van der Waals surface area contributed by atoms with E-state index in [9.17, 15) is 0 Å². The summed E-state index contributed by atoms with van der Waals surface area (Å²) in [6.07, 6.45) is 18.0. The highest BCUT2D eigenvalue weighted by Gasteiger charge is 2.29. The van der Waals surface area contributed by atoms with E-state index in [0.717, 1.165) is 21.7 Å². The zero-order chi connectivity index (χ0) is 12.1. The molecule has 2 saturated carbocycles. The summed E-state index contributed by atoms with van der Waals surface area (Å²) in [6.45, 7) is 2.24. The summed E-state index contributed by atoms with van der Waals surface area (Å²) >= 11 is 2.65. The van der Waals surface area contributed by atoms with E-state index in [1.165, 1.54) is 57.8 Å². The lowest BCUT2D eigenvalue weighted by Gasteiger charge is -2.36. The molecule has 1 heteroatoms. The van der Waals surface area contributed by atoms with Gasteiger partial charge in [-0.25, -0.2) is 0 Å². The third-order valence-corrected chi connectivity index (χ3v) is 6.07. The van der Waals surface area contributed by atoms with E-state index in [-0.39, 0.29) is 0 Å². The van der Waals surface area contributed by atoms with Gasteiger partial charge in [0.2, 0.25) is 0 Å². The van der Waals surface area contributed by atoms with Crippen LogP contribution in [0, 0.1) is 17.8 Å². The van der Waals surface area contributed by atoms with Crippen LogP contribution in [-0.2, 0) is 0 Å². The number of halogens is 1. The van der Waals surface area contributed by atoms with Crippen molar-refractivity contribution in [2.75, 3.05) is 0 Å². The van der Waals surface area contributed by atoms with Crippen molar-refractivity contribution >= 4 is 22.6 Å². The molecule has 0 atom stereocenters. The minimum atomic E-state index is 0.909. The van der Waals surface area contributed by atoms with Gasteiger partial charge in [-0.2, -0.15) is 0 Å². The molecule has 0 unspecified atom stereocenters. The Labute approximate surface area is 121 Å². The van der Waals surface area contributed by atoms with Gasteiger partial charge in [0.05, 0.1) is 0 Å². The van der Waals surface area contributed by atoms with Gasteiger partial charge in [-0.15, -0.1) is 0 Å². The van der Waals surface area contributed by atoms with Crippen molar-refractivity contribution in [2.45, 2.75) is 68.6 Å². The number of allylic oxidation sites excluding steroid dienone is 2. The first-order chi connectivity index (χ1) is 8.29. The minimum Gasteiger partial charge on any atom is -0.0885 e. The van der Waals surface area contributed by atoms with Crippen molar-refractivity contribution in [1.82, 2.24) is 0 Å². The van der Waals surface area contributed by atoms with Gasteiger partial charge in [0.1, 0.15) is 0 Å². The van der Waals surface area contributed by atoms with Crippen LogP contribution >= 0.6 is 22.6 Å². The second-order valence-corrected chi connectivity index (χ2v) is 7.78. The molecule has 0 bridgehead atoms. The average Bonchev–Trinajstić information content (AvgIpc) is 2.38. The molecule has 2 rings (SSSR count). The molecule has 0 spiro atoms. The van der Waals surface area contributed by atoms with Gasteiger partial charge in [-0.3, -0.25) is 0 Å². The van der Waals surface area contributed by atoms with Crippen LogP contribution in [0.15, 0.2) is 12.2 Å². The van der Waals surface area contributed by atoms with Crippen LogP contribution in [0.4, 0.5) is 0 Å². The van der Waals surface area contributed by atoms with Crippen LogP contribution < -0.4 is 0 Å². The van der Waals surface area contributed by atoms with Crippen LogP contribution in [0.2, 0.25) is 0 Å². The first kappa shape index (κ1) is 13.9. The van der Waals surface area contributed by atoms with Crippen molar-refractivity contribution in [3.05, 3.63) is 12.2 Å². The molecule has 0 saturated heterocycles. The molecule has 0 heterocycles. The summed E-state index contributed by atoms with van der Waals surface area (Å²) in [5, 5.41) is 0. The summed E-state index contributed by atoms with van der Waals surface area (Å²) in [5.41, 5.74) is 0. The van der Waals surface area contributed by atoms with E-state index >= 15 is 0 Å². The Balaban J connectivity index is 1.73. The molecule has 0 nitrogen and oxygen atoms in total. The van der Waals surface area contributed by atoms with Crippen LogP contribution in [0.3, 0.4) is 0 Å². The van der Waals surface area contributed by atoms with Crippen LogP contribution in [-0.4, -0.2) is 3.92 Å². The highest BCUT2D eigenvalue weighted by Crippen LogP contribution is 2.41. The highest BCUT2D eigenvalue weighted by atomic mass is 127. The van der Waals surface area contributed by atoms with E-state index in [0.29, 0.717) is 0 Å². The zero-order valence-corrected chi connectivity index (χ0v) is 13.4. The number of hydrogen-bond donors (Lipinski definition) is 0. The maximum atomic E-state index is 2.65. The Bertz CT molecular complexity index is 230. The van der Waals surface area contributed by atoms with E-state index in [1.807, 2.05) is 0 Å². The maximum Gasteiger partial charge on any atom is 0.0110 e. The monoisotopic (exact) mass is 346 g/mol. The Kier molecular flexibility index (Phi) is 5.85. The molecule has 0 aromatic rings. The third kappa shape index (κ3) is 4.25. The summed E-state index contributed by atoms with van der Waals surface area (Å²) in [6, 6.07) is 0. The molecule has 2 fully saturated rings. The number of hydrogen-bond acceptors (Lipinski definition) is 0. The summed E-state index contributed by atoms with van der Waals surface area (Å²) in [7, 11) is 0. The molecule has 0 radical (unpaired) electrons. The predicted molar refractivity (Wildman–Crippen MR) is 84.6 cm³/mol. The van der Waals surface area contributed by atoms with Crippen molar-refractivity contribution in [3.8, 4) is 0 Å². The van der Waals surface area contributed by atoms with Crippen molar-refractivity contribution in [2.24, 2.45) is 17.8 Å². The molecule has 2 aliphatic rings. The largest absolute Gasteiger partial charge is 0.0885 e. The Morgan fingerprint density at radius 3 is 1.94 bits per heavy atom. The molecule has 98 valence electrons. The van der Waals surface area contributed by atoms with Gasteiger partial charge >= 0.3 is 0 Å². The van der Waals surface area contributed by atoms with Gasteiger partial charge in [0.15, 0.2) is 0 Å². The molecule has 0 aliphatic heterocycles. The number of alkyl halides is 1. The summed E-state index contributed by atoms with van der Waals surface area (Å²) in [5.74, 6) is 3.06. The molecular weight excluding hydrogens is 319 g/mol. The fraction of sp³-hybridized carbons (Fsp3) is 0.875. The summed E-state index contributed by atoms with van der Waals surface area (Å²) in [4.78, 5) is 0. The van der Waals surface area contributed by atoms with Gasteiger partial charge in [-0.1, -0.05) is 41.7 Å². The predicted octanol–water partition coefficient (Wildman–Crippen LogP) is 5.75. The SMILES string of the molecule is CC/C=C/C1CCC(C2CCC(I)CC2)CC1. The molecule has 2 aliphatic carbocycles. The first-order valence-electron chi connectivity index (χ1n) is 7.60. The normalized spacial score (nSPS) is 39.6. The van der Waals surface area contributed by atoms with E-state index in [2.05, 4.69) is 41.7 Å². The second-order valence-electron chi connectivity index (χ2n) is 6.02. The fourth-order valence-electron chi connectivity index (χ4n) is 3.69. The zero-order valence-electron chi connectivity index (χ0n) is 11.2. The van der Waals surface area contributed by atoms with Crippen molar-refractivity contribution < 1.29 is 0 Å². The smallest absolute Gasteiger partial charge is 0.0110 e. The lowest BCUT2D eigenvalue weighted by molar-refractivity contribution is 0.183. The maximum absolute atomic E-state index is 2.65. The lowest BCUT2D eigenvalue weighted by atomic mass is 9.71. The topological polar surface area (TPSA) is 0 Å². The van der Waals surface area contributed by atoms with Crippen molar-refractivity contribution in [1.29, 1.82) is 0 Å². The van der Waals surface area contributed by atoms with Crippen LogP contribution in [0.5, 0.6) is 0 Å². The van der Waals surface area contributed by atoms with E-state index in [1.54, 1.807) is 0 Å². The molecule has 0 amide bonds. The van der Waals surface area contributed by atoms with Crippen LogP contribution in [0.1, 0.15) is 64.7 Å². The molecule has 17 heavy (non-hydrogen) atoms. The van der Waals surface area contributed by atoms with Gasteiger partial charge in [0, 0.05) is 3.92 Å². The molecular formula is C16H27I. The quantitative estimate of drug-likeness (QED) is 0.347. The second kappa shape index (κ2) is 7.16. The third-order valence-electron chi connectivity index (χ3n) is 4.83. The minimum absolute atomic E-state index is 0.909. The van der Waals surface area contributed by atoms with Crippen molar-refractivity contribution in [3.63, 3.8) is 0 Å². The van der Waals surface area contributed by atoms with E-state index < -0.39 is 0 Å². The molecule has 0 N–H and O–H groups in total. The van der Waals surface area contributed by atoms with Gasteiger partial charge in [0.25, 0.3) is 0 Å². The van der Waals surface area contributed by atoms with E-state index in [4.69, 9.17) is 0 Å². The Hall–Kier alpha value is 0.470. The van der Waals surface area contributed by atoms with Gasteiger partial charge < -0.3 is 0 Å². The standard InChI is InChI=1S/C16H27I/c1-2-3-4-13-5-7-14(8-6-13)15-9-11-16(17)12-10-15/h3-4,13-16H,2,5-12H2,1H3/b4-3+. The highest BCUT2D eigenvalue weighted by molar-refractivity contribution is 14.1.